The first-order valence-corrected chi connectivity index (χ1v) is 7.67. The largest absolute Gasteiger partial charge is 0.496 e. The molecule has 27 heavy (non-hydrogen) atoms. The molecule has 0 saturated carbocycles. The van der Waals surface area contributed by atoms with E-state index < -0.39 is 5.97 Å². The quantitative estimate of drug-likeness (QED) is 0.642. The Morgan fingerprint density at radius 3 is 2.48 bits per heavy atom. The Morgan fingerprint density at radius 2 is 1.81 bits per heavy atom. The number of nitrogens with zero attached hydrogens (tertiary/aromatic N) is 3. The van der Waals surface area contributed by atoms with Crippen LogP contribution < -0.4 is 18.9 Å². The lowest BCUT2D eigenvalue weighted by molar-refractivity contribution is 0.0687. The predicted octanol–water partition coefficient (Wildman–Crippen LogP) is 2.38. The lowest BCUT2D eigenvalue weighted by Gasteiger charge is -2.14. The molecule has 0 spiro atoms. The maximum absolute atomic E-state index is 11.1. The minimum Gasteiger partial charge on any atom is -0.496 e. The topological polar surface area (TPSA) is 129 Å². The first-order chi connectivity index (χ1) is 13.1. The van der Waals surface area contributed by atoms with Crippen LogP contribution in [-0.4, -0.2) is 52.8 Å². The van der Waals surface area contributed by atoms with Crippen molar-refractivity contribution in [3.05, 3.63) is 36.0 Å². The summed E-state index contributed by atoms with van der Waals surface area (Å²) < 4.78 is 21.4. The Labute approximate surface area is 153 Å². The molecule has 0 aliphatic rings. The number of ether oxygens (including phenoxy) is 4. The van der Waals surface area contributed by atoms with Gasteiger partial charge in [0.15, 0.2) is 0 Å². The van der Waals surface area contributed by atoms with Gasteiger partial charge in [-0.3, -0.25) is 0 Å². The fraction of sp³-hybridized carbons (Fsp3) is 0.176. The molecule has 0 bridgehead atoms. The van der Waals surface area contributed by atoms with Crippen LogP contribution in [0.15, 0.2) is 30.3 Å². The molecular formula is C17H16N4O6. The highest BCUT2D eigenvalue weighted by Crippen LogP contribution is 2.39. The summed E-state index contributed by atoms with van der Waals surface area (Å²) in [6.45, 7) is 0. The summed E-state index contributed by atoms with van der Waals surface area (Å²) in [7, 11) is 4.53. The highest BCUT2D eigenvalue weighted by Gasteiger charge is 2.19. The Hall–Kier alpha value is -3.82. The van der Waals surface area contributed by atoms with Crippen LogP contribution in [0.3, 0.4) is 0 Å². The number of rotatable bonds is 7. The van der Waals surface area contributed by atoms with Crippen molar-refractivity contribution < 1.29 is 28.8 Å². The number of aromatic nitrogens is 4. The molecule has 140 valence electrons. The minimum absolute atomic E-state index is 0.0824. The predicted molar refractivity (Wildman–Crippen MR) is 92.7 cm³/mol. The van der Waals surface area contributed by atoms with E-state index in [4.69, 9.17) is 24.1 Å². The van der Waals surface area contributed by atoms with Gasteiger partial charge in [-0.05, 0) is 18.2 Å². The molecular weight excluding hydrogens is 356 g/mol. The van der Waals surface area contributed by atoms with E-state index in [1.165, 1.54) is 21.3 Å². The van der Waals surface area contributed by atoms with Crippen LogP contribution in [0.5, 0.6) is 29.1 Å². The number of carbonyl (C=O) groups is 1. The van der Waals surface area contributed by atoms with E-state index in [-0.39, 0.29) is 11.6 Å². The van der Waals surface area contributed by atoms with Crippen molar-refractivity contribution in [2.24, 2.45) is 0 Å². The highest BCUT2D eigenvalue weighted by atomic mass is 16.5. The van der Waals surface area contributed by atoms with Crippen molar-refractivity contribution in [1.29, 1.82) is 0 Å². The SMILES string of the molecule is COc1ccc(-c2ccc(Oc3[nH]nnc3C(=O)O)cc2OC)c(OC)n1. The Bertz CT molecular complexity index is 972. The van der Waals surface area contributed by atoms with Gasteiger partial charge in [0, 0.05) is 23.3 Å². The Morgan fingerprint density at radius 1 is 1.04 bits per heavy atom. The summed E-state index contributed by atoms with van der Waals surface area (Å²) in [4.78, 5) is 15.4. The van der Waals surface area contributed by atoms with E-state index in [0.29, 0.717) is 34.4 Å². The molecule has 2 N–H and O–H groups in total. The van der Waals surface area contributed by atoms with Gasteiger partial charge in [-0.15, -0.1) is 5.10 Å². The number of hydrogen-bond acceptors (Lipinski definition) is 8. The molecule has 0 radical (unpaired) electrons. The molecule has 10 nitrogen and oxygen atoms in total. The number of aromatic carboxylic acids is 1. The Balaban J connectivity index is 1.98. The molecule has 0 amide bonds. The van der Waals surface area contributed by atoms with Gasteiger partial charge in [-0.1, -0.05) is 5.21 Å². The van der Waals surface area contributed by atoms with Crippen LogP contribution in [0.25, 0.3) is 11.1 Å². The molecule has 2 aromatic heterocycles. The van der Waals surface area contributed by atoms with Gasteiger partial charge >= 0.3 is 5.97 Å². The molecule has 3 rings (SSSR count). The minimum atomic E-state index is -1.25. The lowest BCUT2D eigenvalue weighted by Crippen LogP contribution is -2.00. The number of benzene rings is 1. The van der Waals surface area contributed by atoms with Crippen molar-refractivity contribution in [2.45, 2.75) is 0 Å². The number of aromatic amines is 1. The zero-order valence-electron chi connectivity index (χ0n) is 14.7. The van der Waals surface area contributed by atoms with Crippen LogP contribution in [0.1, 0.15) is 10.5 Å². The molecule has 1 aromatic carbocycles. The molecule has 3 aromatic rings. The number of hydrogen-bond donors (Lipinski definition) is 2. The van der Waals surface area contributed by atoms with E-state index in [9.17, 15) is 4.79 Å². The average molecular weight is 372 g/mol. The summed E-state index contributed by atoms with van der Waals surface area (Å²) in [5, 5.41) is 18.4. The molecule has 10 heteroatoms. The van der Waals surface area contributed by atoms with E-state index in [1.54, 1.807) is 30.3 Å². The highest BCUT2D eigenvalue weighted by molar-refractivity contribution is 5.87. The zero-order chi connectivity index (χ0) is 19.4. The van der Waals surface area contributed by atoms with Gasteiger partial charge in [-0.25, -0.2) is 9.89 Å². The number of carboxylic acid groups (broad SMARTS) is 1. The molecule has 0 fully saturated rings. The summed E-state index contributed by atoms with van der Waals surface area (Å²) in [6.07, 6.45) is 0. The third-order valence-electron chi connectivity index (χ3n) is 3.64. The summed E-state index contributed by atoms with van der Waals surface area (Å²) in [5.74, 6) is 0.263. The maximum Gasteiger partial charge on any atom is 0.362 e. The molecule has 0 aliphatic heterocycles. The van der Waals surface area contributed by atoms with Gasteiger partial charge < -0.3 is 24.1 Å². The first-order valence-electron chi connectivity index (χ1n) is 7.67. The van der Waals surface area contributed by atoms with E-state index >= 15 is 0 Å². The second-order valence-corrected chi connectivity index (χ2v) is 5.17. The monoisotopic (exact) mass is 372 g/mol. The number of methoxy groups -OCH3 is 3. The number of carboxylic acids is 1. The first kappa shape index (κ1) is 18.0. The van der Waals surface area contributed by atoms with Crippen molar-refractivity contribution >= 4 is 5.97 Å². The molecule has 2 heterocycles. The van der Waals surface area contributed by atoms with Gasteiger partial charge in [0.05, 0.1) is 21.3 Å². The van der Waals surface area contributed by atoms with Gasteiger partial charge in [0.25, 0.3) is 5.88 Å². The average Bonchev–Trinajstić information content (AvgIpc) is 3.15. The van der Waals surface area contributed by atoms with Crippen molar-refractivity contribution in [1.82, 2.24) is 20.4 Å². The van der Waals surface area contributed by atoms with Crippen molar-refractivity contribution in [3.8, 4) is 40.3 Å². The van der Waals surface area contributed by atoms with E-state index in [2.05, 4.69) is 20.4 Å². The second kappa shape index (κ2) is 7.60. The number of H-pyrrole nitrogens is 1. The smallest absolute Gasteiger partial charge is 0.362 e. The van der Waals surface area contributed by atoms with Crippen molar-refractivity contribution in [3.63, 3.8) is 0 Å². The van der Waals surface area contributed by atoms with Crippen LogP contribution in [-0.2, 0) is 0 Å². The fourth-order valence-corrected chi connectivity index (χ4v) is 2.40. The summed E-state index contributed by atoms with van der Waals surface area (Å²) in [6, 6.07) is 8.49. The summed E-state index contributed by atoms with van der Waals surface area (Å²) >= 11 is 0. The molecule has 0 atom stereocenters. The maximum atomic E-state index is 11.1. The second-order valence-electron chi connectivity index (χ2n) is 5.17. The normalized spacial score (nSPS) is 10.3. The molecule has 0 saturated heterocycles. The third kappa shape index (κ3) is 3.59. The number of pyridine rings is 1. The fourth-order valence-electron chi connectivity index (χ4n) is 2.40. The van der Waals surface area contributed by atoms with Crippen LogP contribution >= 0.6 is 0 Å². The zero-order valence-corrected chi connectivity index (χ0v) is 14.7. The lowest BCUT2D eigenvalue weighted by atomic mass is 10.1. The van der Waals surface area contributed by atoms with E-state index in [1.807, 2.05) is 0 Å². The van der Waals surface area contributed by atoms with Crippen LogP contribution in [0.4, 0.5) is 0 Å². The van der Waals surface area contributed by atoms with Gasteiger partial charge in [-0.2, -0.15) is 4.98 Å². The molecule has 0 aliphatic carbocycles. The van der Waals surface area contributed by atoms with Crippen LogP contribution in [0.2, 0.25) is 0 Å². The standard InChI is InChI=1S/C17H16N4O6/c1-24-12-8-9(27-16-14(17(22)23)19-21-20-16)4-5-10(12)11-6-7-13(25-2)18-15(11)26-3/h4-8H,1-3H3,(H,22,23)(H,19,20,21). The Kier molecular flexibility index (Phi) is 5.06. The summed E-state index contributed by atoms with van der Waals surface area (Å²) in [5.41, 5.74) is 1.08. The number of nitrogens with one attached hydrogen (secondary N) is 1. The van der Waals surface area contributed by atoms with Crippen LogP contribution in [0, 0.1) is 0 Å². The van der Waals surface area contributed by atoms with Crippen molar-refractivity contribution in [2.75, 3.05) is 21.3 Å². The van der Waals surface area contributed by atoms with Gasteiger partial charge in [0.2, 0.25) is 17.5 Å². The molecule has 0 unspecified atom stereocenters. The van der Waals surface area contributed by atoms with E-state index in [0.717, 1.165) is 0 Å². The van der Waals surface area contributed by atoms with Gasteiger partial charge in [0.1, 0.15) is 11.5 Å². The third-order valence-corrected chi connectivity index (χ3v) is 3.64.